The molecule has 0 aliphatic carbocycles. The number of hydrogen-bond acceptors (Lipinski definition) is 6. The summed E-state index contributed by atoms with van der Waals surface area (Å²) in [7, 11) is -4.06. The summed E-state index contributed by atoms with van der Waals surface area (Å²) in [5, 5.41) is 14.0. The number of nitrogens with one attached hydrogen (secondary N) is 1. The summed E-state index contributed by atoms with van der Waals surface area (Å²) in [4.78, 5) is 12.8. The number of hydrogen-bond donors (Lipinski definition) is 2. The molecular formula is C25H27N3O5S. The largest absolute Gasteiger partial charge is 0.507 e. The molecule has 0 saturated carbocycles. The summed E-state index contributed by atoms with van der Waals surface area (Å²) in [6, 6.07) is 19.5. The van der Waals surface area contributed by atoms with Gasteiger partial charge >= 0.3 is 0 Å². The molecule has 8 nitrogen and oxygen atoms in total. The second-order valence-electron chi connectivity index (χ2n) is 7.50. The average Bonchev–Trinajstić information content (AvgIpc) is 2.82. The van der Waals surface area contributed by atoms with Crippen molar-refractivity contribution in [3.63, 3.8) is 0 Å². The van der Waals surface area contributed by atoms with Gasteiger partial charge in [-0.05, 0) is 69.3 Å². The first-order chi connectivity index (χ1) is 16.2. The smallest absolute Gasteiger partial charge is 0.264 e. The summed E-state index contributed by atoms with van der Waals surface area (Å²) in [5.74, 6) is -0.0581. The van der Waals surface area contributed by atoms with E-state index in [0.717, 1.165) is 9.87 Å². The first-order valence-corrected chi connectivity index (χ1v) is 12.1. The normalized spacial score (nSPS) is 11.7. The summed E-state index contributed by atoms with van der Waals surface area (Å²) >= 11 is 0. The quantitative estimate of drug-likeness (QED) is 0.357. The van der Waals surface area contributed by atoms with Gasteiger partial charge in [0.25, 0.3) is 15.9 Å². The Morgan fingerprint density at radius 1 is 1.03 bits per heavy atom. The standard InChI is InChI=1S/C25H27N3O5S/c1-4-33-21-13-15-22(16-14-21)34(31,32)28(20-11-9-18(2)10-12-20)17-25(30)27-26-19(3)23-7-5-6-8-24(23)29/h5-16,29H,4,17H2,1-3H3,(H,27,30)/b26-19+. The fourth-order valence-corrected chi connectivity index (χ4v) is 4.60. The van der Waals surface area contributed by atoms with Crippen molar-refractivity contribution >= 4 is 27.3 Å². The molecule has 0 saturated heterocycles. The number of nitrogens with zero attached hydrogens (tertiary/aromatic N) is 2. The van der Waals surface area contributed by atoms with Crippen LogP contribution < -0.4 is 14.5 Å². The molecule has 3 rings (SSSR count). The molecular weight excluding hydrogens is 454 g/mol. The molecule has 3 aromatic carbocycles. The monoisotopic (exact) mass is 481 g/mol. The minimum atomic E-state index is -4.06. The number of phenolic OH excluding ortho intramolecular Hbond substituents is 1. The number of sulfonamides is 1. The minimum absolute atomic E-state index is 0.0253. The van der Waals surface area contributed by atoms with E-state index in [9.17, 15) is 18.3 Å². The van der Waals surface area contributed by atoms with E-state index in [1.54, 1.807) is 61.5 Å². The van der Waals surface area contributed by atoms with Crippen LogP contribution in [0.2, 0.25) is 0 Å². The molecule has 1 amide bonds. The van der Waals surface area contributed by atoms with Gasteiger partial charge in [0.2, 0.25) is 0 Å². The SMILES string of the molecule is CCOc1ccc(S(=O)(=O)N(CC(=O)N/N=C(\C)c2ccccc2O)c2ccc(C)cc2)cc1. The van der Waals surface area contributed by atoms with Gasteiger partial charge in [-0.25, -0.2) is 13.8 Å². The molecule has 0 heterocycles. The van der Waals surface area contributed by atoms with Gasteiger partial charge in [-0.15, -0.1) is 0 Å². The number of amides is 1. The Morgan fingerprint density at radius 3 is 2.29 bits per heavy atom. The van der Waals surface area contributed by atoms with E-state index in [-0.39, 0.29) is 10.6 Å². The Hall–Kier alpha value is -3.85. The van der Waals surface area contributed by atoms with Crippen molar-refractivity contribution in [3.8, 4) is 11.5 Å². The maximum Gasteiger partial charge on any atom is 0.264 e. The van der Waals surface area contributed by atoms with E-state index in [1.165, 1.54) is 18.2 Å². The summed E-state index contributed by atoms with van der Waals surface area (Å²) in [6.45, 7) is 5.33. The lowest BCUT2D eigenvalue weighted by atomic mass is 10.1. The van der Waals surface area contributed by atoms with Crippen LogP contribution in [0.1, 0.15) is 25.0 Å². The van der Waals surface area contributed by atoms with Gasteiger partial charge in [0.05, 0.1) is 22.9 Å². The first-order valence-electron chi connectivity index (χ1n) is 10.7. The van der Waals surface area contributed by atoms with Gasteiger partial charge in [0.15, 0.2) is 0 Å². The number of phenols is 1. The zero-order chi connectivity index (χ0) is 24.7. The van der Waals surface area contributed by atoms with Crippen LogP contribution in [0.5, 0.6) is 11.5 Å². The molecule has 0 atom stereocenters. The van der Waals surface area contributed by atoms with Crippen LogP contribution in [-0.4, -0.2) is 38.3 Å². The van der Waals surface area contributed by atoms with Gasteiger partial charge in [-0.2, -0.15) is 5.10 Å². The third-order valence-electron chi connectivity index (χ3n) is 4.97. The average molecular weight is 482 g/mol. The highest BCUT2D eigenvalue weighted by Gasteiger charge is 2.27. The molecule has 2 N–H and O–H groups in total. The van der Waals surface area contributed by atoms with E-state index in [0.29, 0.717) is 29.3 Å². The van der Waals surface area contributed by atoms with Gasteiger partial charge in [0.1, 0.15) is 18.0 Å². The molecule has 0 aliphatic rings. The Balaban J connectivity index is 1.87. The number of carbonyl (C=O) groups excluding carboxylic acids is 1. The zero-order valence-electron chi connectivity index (χ0n) is 19.2. The summed E-state index contributed by atoms with van der Waals surface area (Å²) in [5.41, 5.74) is 4.51. The van der Waals surface area contributed by atoms with E-state index < -0.39 is 22.5 Å². The van der Waals surface area contributed by atoms with Crippen LogP contribution in [0.15, 0.2) is 82.8 Å². The lowest BCUT2D eigenvalue weighted by Gasteiger charge is -2.24. The number of rotatable bonds is 9. The highest BCUT2D eigenvalue weighted by atomic mass is 32.2. The molecule has 0 spiro atoms. The molecule has 0 aliphatic heterocycles. The molecule has 9 heteroatoms. The van der Waals surface area contributed by atoms with E-state index in [1.807, 2.05) is 13.8 Å². The van der Waals surface area contributed by atoms with Crippen molar-refractivity contribution in [3.05, 3.63) is 83.9 Å². The maximum absolute atomic E-state index is 13.5. The maximum atomic E-state index is 13.5. The topological polar surface area (TPSA) is 108 Å². The fraction of sp³-hybridized carbons (Fsp3) is 0.200. The minimum Gasteiger partial charge on any atom is -0.507 e. The van der Waals surface area contributed by atoms with E-state index in [4.69, 9.17) is 4.74 Å². The number of aryl methyl sites for hydroxylation is 1. The fourth-order valence-electron chi connectivity index (χ4n) is 3.18. The van der Waals surface area contributed by atoms with Crippen LogP contribution in [0.25, 0.3) is 0 Å². The number of anilines is 1. The third kappa shape index (κ3) is 5.93. The van der Waals surface area contributed by atoms with Crippen LogP contribution in [0, 0.1) is 6.92 Å². The van der Waals surface area contributed by atoms with Crippen molar-refractivity contribution in [2.24, 2.45) is 5.10 Å². The highest BCUT2D eigenvalue weighted by molar-refractivity contribution is 7.92. The summed E-state index contributed by atoms with van der Waals surface area (Å²) < 4.78 is 33.3. The van der Waals surface area contributed by atoms with Crippen molar-refractivity contribution in [1.82, 2.24) is 5.43 Å². The lowest BCUT2D eigenvalue weighted by Crippen LogP contribution is -2.39. The molecule has 0 bridgehead atoms. The second-order valence-corrected chi connectivity index (χ2v) is 9.36. The molecule has 34 heavy (non-hydrogen) atoms. The highest BCUT2D eigenvalue weighted by Crippen LogP contribution is 2.25. The second kappa shape index (κ2) is 10.8. The number of carbonyl (C=O) groups is 1. The number of aromatic hydroxyl groups is 1. The van der Waals surface area contributed by atoms with Gasteiger partial charge in [0, 0.05) is 5.56 Å². The van der Waals surface area contributed by atoms with Crippen molar-refractivity contribution in [1.29, 1.82) is 0 Å². The predicted molar refractivity (Wildman–Crippen MR) is 132 cm³/mol. The Morgan fingerprint density at radius 2 is 1.68 bits per heavy atom. The number of ether oxygens (including phenoxy) is 1. The van der Waals surface area contributed by atoms with Crippen molar-refractivity contribution < 1.29 is 23.1 Å². The Bertz CT molecular complexity index is 1270. The number of benzene rings is 3. The molecule has 178 valence electrons. The molecule has 0 radical (unpaired) electrons. The van der Waals surface area contributed by atoms with E-state index >= 15 is 0 Å². The van der Waals surface area contributed by atoms with Crippen LogP contribution in [0.4, 0.5) is 5.69 Å². The lowest BCUT2D eigenvalue weighted by molar-refractivity contribution is -0.119. The number of hydrazone groups is 1. The zero-order valence-corrected chi connectivity index (χ0v) is 20.0. The summed E-state index contributed by atoms with van der Waals surface area (Å²) in [6.07, 6.45) is 0. The van der Waals surface area contributed by atoms with Crippen LogP contribution >= 0.6 is 0 Å². The van der Waals surface area contributed by atoms with E-state index in [2.05, 4.69) is 10.5 Å². The molecule has 0 aromatic heterocycles. The third-order valence-corrected chi connectivity index (χ3v) is 6.76. The molecule has 0 fully saturated rings. The Kier molecular flexibility index (Phi) is 7.91. The molecule has 0 unspecified atom stereocenters. The van der Waals surface area contributed by atoms with Crippen LogP contribution in [0.3, 0.4) is 0 Å². The first kappa shape index (κ1) is 24.8. The van der Waals surface area contributed by atoms with Gasteiger partial charge in [-0.3, -0.25) is 9.10 Å². The molecule has 3 aromatic rings. The van der Waals surface area contributed by atoms with Crippen LogP contribution in [-0.2, 0) is 14.8 Å². The Labute approximate surface area is 199 Å². The van der Waals surface area contributed by atoms with Crippen molar-refractivity contribution in [2.75, 3.05) is 17.5 Å². The number of para-hydroxylation sites is 1. The van der Waals surface area contributed by atoms with Crippen molar-refractivity contribution in [2.45, 2.75) is 25.7 Å². The predicted octanol–water partition coefficient (Wildman–Crippen LogP) is 3.84. The van der Waals surface area contributed by atoms with Gasteiger partial charge < -0.3 is 9.84 Å². The van der Waals surface area contributed by atoms with Gasteiger partial charge in [-0.1, -0.05) is 29.8 Å².